The van der Waals surface area contributed by atoms with Crippen LogP contribution in [0.4, 0.5) is 11.4 Å². The highest BCUT2D eigenvalue weighted by atomic mass is 35.5. The lowest BCUT2D eigenvalue weighted by Gasteiger charge is -2.23. The topological polar surface area (TPSA) is 75.4 Å². The van der Waals surface area contributed by atoms with E-state index in [0.717, 1.165) is 24.3 Å². The molecular formula is C19H21Cl2N3O2. The number of nitrogens with two attached hydrogens (primary N) is 1. The molecule has 0 spiro atoms. The molecule has 26 heavy (non-hydrogen) atoms. The summed E-state index contributed by atoms with van der Waals surface area (Å²) in [5, 5.41) is 2.80. The lowest BCUT2D eigenvalue weighted by molar-refractivity contribution is -0.115. The molecule has 0 aliphatic heterocycles. The third-order valence-corrected chi connectivity index (χ3v) is 4.17. The zero-order valence-electron chi connectivity index (χ0n) is 14.3. The molecule has 2 aromatic rings. The summed E-state index contributed by atoms with van der Waals surface area (Å²) in [6.07, 6.45) is 0.253. The highest BCUT2D eigenvalue weighted by Gasteiger charge is 2.08. The molecule has 3 N–H and O–H groups in total. The van der Waals surface area contributed by atoms with Gasteiger partial charge in [0.1, 0.15) is 0 Å². The zero-order chi connectivity index (χ0) is 18.9. The van der Waals surface area contributed by atoms with Gasteiger partial charge in [-0.05, 0) is 42.0 Å². The van der Waals surface area contributed by atoms with Crippen molar-refractivity contribution >= 4 is 46.4 Å². The van der Waals surface area contributed by atoms with Gasteiger partial charge in [-0.2, -0.15) is 0 Å². The molecule has 0 saturated heterocycles. The Hall–Kier alpha value is -2.24. The molecule has 0 heterocycles. The van der Waals surface area contributed by atoms with Gasteiger partial charge in [0.15, 0.2) is 0 Å². The standard InChI is InChI=1S/C19H21Cl2N3O2/c20-9-11-24(12-10-21)17-7-1-14(2-8-17)13-18(25)23-16-5-3-15(4-6-16)19(22)26/h1-8H,9-13H2,(H2,22,26)(H,23,25). The number of halogens is 2. The first kappa shape index (κ1) is 20.1. The van der Waals surface area contributed by atoms with Gasteiger partial charge >= 0.3 is 0 Å². The maximum Gasteiger partial charge on any atom is 0.248 e. The van der Waals surface area contributed by atoms with Crippen LogP contribution in [0.3, 0.4) is 0 Å². The van der Waals surface area contributed by atoms with E-state index in [4.69, 9.17) is 28.9 Å². The van der Waals surface area contributed by atoms with Gasteiger partial charge in [0, 0.05) is 41.8 Å². The van der Waals surface area contributed by atoms with Crippen LogP contribution in [0.5, 0.6) is 0 Å². The van der Waals surface area contributed by atoms with E-state index in [9.17, 15) is 9.59 Å². The molecular weight excluding hydrogens is 373 g/mol. The average Bonchev–Trinajstić information content (AvgIpc) is 2.62. The highest BCUT2D eigenvalue weighted by Crippen LogP contribution is 2.17. The van der Waals surface area contributed by atoms with Crippen molar-refractivity contribution in [3.05, 3.63) is 59.7 Å². The Labute approximate surface area is 163 Å². The van der Waals surface area contributed by atoms with Crippen LogP contribution < -0.4 is 16.0 Å². The van der Waals surface area contributed by atoms with E-state index in [-0.39, 0.29) is 12.3 Å². The van der Waals surface area contributed by atoms with Crippen molar-refractivity contribution in [2.45, 2.75) is 6.42 Å². The van der Waals surface area contributed by atoms with Gasteiger partial charge in [-0.1, -0.05) is 12.1 Å². The number of anilines is 2. The van der Waals surface area contributed by atoms with E-state index in [2.05, 4.69) is 10.2 Å². The number of carbonyl (C=O) groups is 2. The third-order valence-electron chi connectivity index (χ3n) is 3.83. The summed E-state index contributed by atoms with van der Waals surface area (Å²) in [5.41, 5.74) is 8.14. The largest absolute Gasteiger partial charge is 0.369 e. The van der Waals surface area contributed by atoms with Gasteiger partial charge in [-0.3, -0.25) is 9.59 Å². The second-order valence-electron chi connectivity index (χ2n) is 5.70. The van der Waals surface area contributed by atoms with Gasteiger partial charge < -0.3 is 16.0 Å². The number of alkyl halides is 2. The first-order valence-corrected chi connectivity index (χ1v) is 9.26. The molecule has 0 saturated carbocycles. The summed E-state index contributed by atoms with van der Waals surface area (Å²) in [5.74, 6) is 0.411. The molecule has 138 valence electrons. The Morgan fingerprint density at radius 2 is 1.50 bits per heavy atom. The van der Waals surface area contributed by atoms with Gasteiger partial charge in [0.05, 0.1) is 6.42 Å². The number of nitrogens with zero attached hydrogens (tertiary/aromatic N) is 1. The van der Waals surface area contributed by atoms with Crippen LogP contribution in [0, 0.1) is 0 Å². The molecule has 0 aromatic heterocycles. The molecule has 5 nitrogen and oxygen atoms in total. The van der Waals surface area contributed by atoms with Crippen molar-refractivity contribution in [1.82, 2.24) is 0 Å². The molecule has 0 radical (unpaired) electrons. The van der Waals surface area contributed by atoms with Crippen LogP contribution in [0.2, 0.25) is 0 Å². The Morgan fingerprint density at radius 3 is 2.00 bits per heavy atom. The first-order valence-electron chi connectivity index (χ1n) is 8.19. The van der Waals surface area contributed by atoms with Crippen LogP contribution in [0.15, 0.2) is 48.5 Å². The molecule has 0 aliphatic carbocycles. The summed E-state index contributed by atoms with van der Waals surface area (Å²) in [6.45, 7) is 1.44. The van der Waals surface area contributed by atoms with Gasteiger partial charge in [-0.15, -0.1) is 23.2 Å². The fourth-order valence-electron chi connectivity index (χ4n) is 2.51. The lowest BCUT2D eigenvalue weighted by atomic mass is 10.1. The molecule has 0 fully saturated rings. The first-order chi connectivity index (χ1) is 12.5. The summed E-state index contributed by atoms with van der Waals surface area (Å²) in [6, 6.07) is 14.2. The molecule has 0 bridgehead atoms. The quantitative estimate of drug-likeness (QED) is 0.641. The number of benzene rings is 2. The highest BCUT2D eigenvalue weighted by molar-refractivity contribution is 6.18. The number of nitrogens with one attached hydrogen (secondary N) is 1. The van der Waals surface area contributed by atoms with E-state index < -0.39 is 5.91 Å². The van der Waals surface area contributed by atoms with E-state index in [1.54, 1.807) is 24.3 Å². The normalized spacial score (nSPS) is 10.4. The summed E-state index contributed by atoms with van der Waals surface area (Å²) in [4.78, 5) is 25.3. The van der Waals surface area contributed by atoms with Crippen LogP contribution in [-0.4, -0.2) is 36.7 Å². The summed E-state index contributed by atoms with van der Waals surface area (Å²) < 4.78 is 0. The molecule has 0 aliphatic rings. The van der Waals surface area contributed by atoms with Gasteiger partial charge in [0.2, 0.25) is 11.8 Å². The van der Waals surface area contributed by atoms with Gasteiger partial charge in [0.25, 0.3) is 0 Å². The van der Waals surface area contributed by atoms with E-state index >= 15 is 0 Å². The molecule has 2 amide bonds. The lowest BCUT2D eigenvalue weighted by Crippen LogP contribution is -2.27. The fraction of sp³-hybridized carbons (Fsp3) is 0.263. The van der Waals surface area contributed by atoms with Crippen molar-refractivity contribution in [1.29, 1.82) is 0 Å². The second-order valence-corrected chi connectivity index (χ2v) is 6.45. The van der Waals surface area contributed by atoms with Crippen LogP contribution in [0.1, 0.15) is 15.9 Å². The van der Waals surface area contributed by atoms with Crippen molar-refractivity contribution in [2.75, 3.05) is 35.1 Å². The van der Waals surface area contributed by atoms with Crippen molar-refractivity contribution in [3.8, 4) is 0 Å². The average molecular weight is 394 g/mol. The second kappa shape index (κ2) is 10.0. The molecule has 2 rings (SSSR count). The SMILES string of the molecule is NC(=O)c1ccc(NC(=O)Cc2ccc(N(CCCl)CCCl)cc2)cc1. The number of hydrogen-bond donors (Lipinski definition) is 2. The van der Waals surface area contributed by atoms with Crippen LogP contribution in [-0.2, 0) is 11.2 Å². The number of primary amides is 1. The molecule has 0 unspecified atom stereocenters. The molecule has 7 heteroatoms. The maximum absolute atomic E-state index is 12.2. The summed E-state index contributed by atoms with van der Waals surface area (Å²) in [7, 11) is 0. The van der Waals surface area contributed by atoms with E-state index in [0.29, 0.717) is 23.0 Å². The number of carbonyl (C=O) groups excluding carboxylic acids is 2. The van der Waals surface area contributed by atoms with Crippen molar-refractivity contribution in [2.24, 2.45) is 5.73 Å². The predicted octanol–water partition coefficient (Wildman–Crippen LogP) is 3.25. The van der Waals surface area contributed by atoms with E-state index in [1.807, 2.05) is 24.3 Å². The minimum absolute atomic E-state index is 0.136. The zero-order valence-corrected chi connectivity index (χ0v) is 15.8. The number of rotatable bonds is 9. The van der Waals surface area contributed by atoms with E-state index in [1.165, 1.54) is 0 Å². The monoisotopic (exact) mass is 393 g/mol. The predicted molar refractivity (Wildman–Crippen MR) is 107 cm³/mol. The Morgan fingerprint density at radius 1 is 0.923 bits per heavy atom. The smallest absolute Gasteiger partial charge is 0.248 e. The van der Waals surface area contributed by atoms with Crippen LogP contribution >= 0.6 is 23.2 Å². The third kappa shape index (κ3) is 5.93. The number of hydrogen-bond acceptors (Lipinski definition) is 3. The van der Waals surface area contributed by atoms with Crippen molar-refractivity contribution < 1.29 is 9.59 Å². The van der Waals surface area contributed by atoms with Crippen molar-refractivity contribution in [3.63, 3.8) is 0 Å². The Bertz CT molecular complexity index is 727. The Kier molecular flexibility index (Phi) is 7.75. The molecule has 0 atom stereocenters. The molecule has 2 aromatic carbocycles. The minimum Gasteiger partial charge on any atom is -0.369 e. The Balaban J connectivity index is 1.95. The van der Waals surface area contributed by atoms with Crippen LogP contribution in [0.25, 0.3) is 0 Å². The maximum atomic E-state index is 12.2. The minimum atomic E-state index is -0.500. The number of amides is 2. The fourth-order valence-corrected chi connectivity index (χ4v) is 2.92. The van der Waals surface area contributed by atoms with Gasteiger partial charge in [-0.25, -0.2) is 0 Å². The summed E-state index contributed by atoms with van der Waals surface area (Å²) >= 11 is 11.6.